The summed E-state index contributed by atoms with van der Waals surface area (Å²) in [5, 5.41) is 2.92. The number of halogens is 4. The highest BCUT2D eigenvalue weighted by atomic mass is 35.5. The Hall–Kier alpha value is -3.07. The lowest BCUT2D eigenvalue weighted by molar-refractivity contribution is -0.137. The van der Waals surface area contributed by atoms with E-state index in [0.717, 1.165) is 12.1 Å². The molecule has 2 aromatic carbocycles. The standard InChI is InChI=1S/C22H21ClF3N3O3/c1-28(2)21(32)17-10-16(6-7-18(17)23)27-20(31)14-9-19(30)29(12-14)11-13-4-3-5-15(8-13)22(24,25)26/h3-8,10,14H,9,11-12H2,1-2H3,(H,27,31). The third kappa shape index (κ3) is 5.40. The maximum Gasteiger partial charge on any atom is 0.416 e. The van der Waals surface area contributed by atoms with Crippen LogP contribution in [0.1, 0.15) is 27.9 Å². The summed E-state index contributed by atoms with van der Waals surface area (Å²) in [6, 6.07) is 9.25. The van der Waals surface area contributed by atoms with Crippen LogP contribution in [0.2, 0.25) is 5.02 Å². The van der Waals surface area contributed by atoms with Crippen LogP contribution in [-0.2, 0) is 22.3 Å². The van der Waals surface area contributed by atoms with Crippen molar-refractivity contribution in [3.8, 4) is 0 Å². The molecule has 1 unspecified atom stereocenters. The number of rotatable bonds is 5. The first-order valence-corrected chi connectivity index (χ1v) is 10.1. The molecule has 3 amide bonds. The van der Waals surface area contributed by atoms with Crippen LogP contribution in [-0.4, -0.2) is 48.2 Å². The fraction of sp³-hybridized carbons (Fsp3) is 0.318. The summed E-state index contributed by atoms with van der Waals surface area (Å²) < 4.78 is 38.7. The molecule has 1 fully saturated rings. The Kier molecular flexibility index (Phi) is 6.78. The topological polar surface area (TPSA) is 69.7 Å². The first-order valence-electron chi connectivity index (χ1n) is 9.71. The van der Waals surface area contributed by atoms with Crippen LogP contribution in [0.15, 0.2) is 42.5 Å². The van der Waals surface area contributed by atoms with E-state index in [4.69, 9.17) is 11.6 Å². The number of amides is 3. The zero-order valence-corrected chi connectivity index (χ0v) is 18.1. The van der Waals surface area contributed by atoms with Crippen LogP contribution < -0.4 is 5.32 Å². The van der Waals surface area contributed by atoms with E-state index >= 15 is 0 Å². The van der Waals surface area contributed by atoms with Crippen molar-refractivity contribution in [2.75, 3.05) is 26.0 Å². The molecule has 1 N–H and O–H groups in total. The number of nitrogens with zero attached hydrogens (tertiary/aromatic N) is 2. The number of carbonyl (C=O) groups is 3. The zero-order chi connectivity index (χ0) is 23.6. The SMILES string of the molecule is CN(C)C(=O)c1cc(NC(=O)C2CC(=O)N(Cc3cccc(C(F)(F)F)c3)C2)ccc1Cl. The third-order valence-electron chi connectivity index (χ3n) is 5.08. The molecule has 10 heteroatoms. The summed E-state index contributed by atoms with van der Waals surface area (Å²) in [6.45, 7) is 0.0625. The van der Waals surface area contributed by atoms with E-state index in [1.165, 1.54) is 34.1 Å². The molecule has 0 aromatic heterocycles. The maximum atomic E-state index is 12.9. The number of nitrogens with one attached hydrogen (secondary N) is 1. The number of carbonyl (C=O) groups excluding carboxylic acids is 3. The summed E-state index contributed by atoms with van der Waals surface area (Å²) >= 11 is 6.07. The van der Waals surface area contributed by atoms with Crippen LogP contribution in [0.25, 0.3) is 0 Å². The highest BCUT2D eigenvalue weighted by Crippen LogP contribution is 2.30. The Labute approximate surface area is 187 Å². The minimum absolute atomic E-state index is 0.0189. The Bertz CT molecular complexity index is 1060. The second-order valence-electron chi connectivity index (χ2n) is 7.76. The summed E-state index contributed by atoms with van der Waals surface area (Å²) in [4.78, 5) is 40.0. The van der Waals surface area contributed by atoms with E-state index in [-0.39, 0.29) is 41.9 Å². The third-order valence-corrected chi connectivity index (χ3v) is 5.41. The Morgan fingerprint density at radius 3 is 2.56 bits per heavy atom. The van der Waals surface area contributed by atoms with Gasteiger partial charge in [-0.25, -0.2) is 0 Å². The van der Waals surface area contributed by atoms with Gasteiger partial charge >= 0.3 is 6.18 Å². The Balaban J connectivity index is 1.67. The minimum Gasteiger partial charge on any atom is -0.345 e. The lowest BCUT2D eigenvalue weighted by atomic mass is 10.1. The minimum atomic E-state index is -4.47. The molecule has 1 heterocycles. The second kappa shape index (κ2) is 9.20. The van der Waals surface area contributed by atoms with Crippen LogP contribution in [0.3, 0.4) is 0 Å². The monoisotopic (exact) mass is 467 g/mol. The average Bonchev–Trinajstić information content (AvgIpc) is 3.09. The van der Waals surface area contributed by atoms with Gasteiger partial charge in [-0.1, -0.05) is 23.7 Å². The fourth-order valence-corrected chi connectivity index (χ4v) is 3.62. The van der Waals surface area contributed by atoms with Gasteiger partial charge in [0.2, 0.25) is 11.8 Å². The quantitative estimate of drug-likeness (QED) is 0.721. The van der Waals surface area contributed by atoms with Gasteiger partial charge in [0.25, 0.3) is 5.91 Å². The number of alkyl halides is 3. The van der Waals surface area contributed by atoms with Crippen molar-refractivity contribution in [3.63, 3.8) is 0 Å². The van der Waals surface area contributed by atoms with Crippen molar-refractivity contribution in [3.05, 3.63) is 64.2 Å². The smallest absolute Gasteiger partial charge is 0.345 e. The number of hydrogen-bond acceptors (Lipinski definition) is 3. The predicted octanol–water partition coefficient (Wildman–Crippen LogP) is 4.05. The molecule has 32 heavy (non-hydrogen) atoms. The molecule has 0 spiro atoms. The van der Waals surface area contributed by atoms with E-state index in [9.17, 15) is 27.6 Å². The number of hydrogen-bond donors (Lipinski definition) is 1. The lowest BCUT2D eigenvalue weighted by Crippen LogP contribution is -2.28. The van der Waals surface area contributed by atoms with Gasteiger partial charge in [0.05, 0.1) is 22.1 Å². The first kappa shape index (κ1) is 23.6. The first-order chi connectivity index (χ1) is 15.0. The van der Waals surface area contributed by atoms with Crippen LogP contribution in [0.5, 0.6) is 0 Å². The normalized spacial score (nSPS) is 16.2. The summed E-state index contributed by atoms with van der Waals surface area (Å²) in [7, 11) is 3.15. The highest BCUT2D eigenvalue weighted by molar-refractivity contribution is 6.34. The van der Waals surface area contributed by atoms with Crippen LogP contribution in [0.4, 0.5) is 18.9 Å². The molecule has 0 bridgehead atoms. The number of benzene rings is 2. The average molecular weight is 468 g/mol. The van der Waals surface area contributed by atoms with Gasteiger partial charge in [-0.2, -0.15) is 13.2 Å². The maximum absolute atomic E-state index is 12.9. The molecule has 6 nitrogen and oxygen atoms in total. The van der Waals surface area contributed by atoms with Gasteiger partial charge in [0, 0.05) is 39.3 Å². The Morgan fingerprint density at radius 2 is 1.91 bits per heavy atom. The molecular weight excluding hydrogens is 447 g/mol. The van der Waals surface area contributed by atoms with Crippen LogP contribution in [0, 0.1) is 5.92 Å². The van der Waals surface area contributed by atoms with E-state index < -0.39 is 23.6 Å². The van der Waals surface area contributed by atoms with Crippen molar-refractivity contribution in [2.24, 2.45) is 5.92 Å². The molecule has 1 saturated heterocycles. The van der Waals surface area contributed by atoms with E-state index in [1.54, 1.807) is 20.2 Å². The zero-order valence-electron chi connectivity index (χ0n) is 17.4. The van der Waals surface area contributed by atoms with Gasteiger partial charge in [-0.05, 0) is 35.9 Å². The number of likely N-dealkylation sites (tertiary alicyclic amines) is 1. The van der Waals surface area contributed by atoms with Crippen molar-refractivity contribution < 1.29 is 27.6 Å². The summed E-state index contributed by atoms with van der Waals surface area (Å²) in [5.41, 5.74) is 0.122. The molecule has 170 valence electrons. The van der Waals surface area contributed by atoms with Crippen molar-refractivity contribution in [1.82, 2.24) is 9.80 Å². The summed E-state index contributed by atoms with van der Waals surface area (Å²) in [6.07, 6.45) is -4.53. The molecule has 0 aliphatic carbocycles. The molecule has 1 aliphatic heterocycles. The van der Waals surface area contributed by atoms with Gasteiger partial charge in [0.1, 0.15) is 0 Å². The number of anilines is 1. The molecule has 1 aliphatic rings. The van der Waals surface area contributed by atoms with E-state index in [2.05, 4.69) is 5.32 Å². The van der Waals surface area contributed by atoms with Crippen LogP contribution >= 0.6 is 11.6 Å². The van der Waals surface area contributed by atoms with E-state index in [1.807, 2.05) is 0 Å². The predicted molar refractivity (Wildman–Crippen MR) is 113 cm³/mol. The highest BCUT2D eigenvalue weighted by Gasteiger charge is 2.35. The molecule has 3 rings (SSSR count). The molecule has 1 atom stereocenters. The van der Waals surface area contributed by atoms with Gasteiger partial charge in [-0.15, -0.1) is 0 Å². The molecule has 2 aromatic rings. The molecule has 0 saturated carbocycles. The largest absolute Gasteiger partial charge is 0.416 e. The van der Waals surface area contributed by atoms with Crippen molar-refractivity contribution in [2.45, 2.75) is 19.1 Å². The van der Waals surface area contributed by atoms with Gasteiger partial charge < -0.3 is 15.1 Å². The van der Waals surface area contributed by atoms with Crippen molar-refractivity contribution >= 4 is 35.0 Å². The van der Waals surface area contributed by atoms with Gasteiger partial charge in [-0.3, -0.25) is 14.4 Å². The van der Waals surface area contributed by atoms with Crippen molar-refractivity contribution in [1.29, 1.82) is 0 Å². The van der Waals surface area contributed by atoms with Gasteiger partial charge in [0.15, 0.2) is 0 Å². The summed E-state index contributed by atoms with van der Waals surface area (Å²) in [5.74, 6) is -1.73. The molecule has 0 radical (unpaired) electrons. The van der Waals surface area contributed by atoms with E-state index in [0.29, 0.717) is 11.3 Å². The second-order valence-corrected chi connectivity index (χ2v) is 8.16. The lowest BCUT2D eigenvalue weighted by Gasteiger charge is -2.18. The fourth-order valence-electron chi connectivity index (χ4n) is 3.42. The Morgan fingerprint density at radius 1 is 1.19 bits per heavy atom. The molecular formula is C22H21ClF3N3O3.